The van der Waals surface area contributed by atoms with Crippen molar-refractivity contribution in [2.75, 3.05) is 0 Å². The largest absolute Gasteiger partial charge is 0.481 e. The van der Waals surface area contributed by atoms with Crippen LogP contribution in [0.3, 0.4) is 0 Å². The average Bonchev–Trinajstić information content (AvgIpc) is 3.29. The maximum Gasteiger partial charge on any atom is 0.306 e. The van der Waals surface area contributed by atoms with E-state index in [2.05, 4.69) is 48.1 Å². The van der Waals surface area contributed by atoms with Crippen molar-refractivity contribution in [3.63, 3.8) is 0 Å². The second kappa shape index (κ2) is 11.9. The zero-order valence-electron chi connectivity index (χ0n) is 30.3. The molecule has 0 heterocycles. The van der Waals surface area contributed by atoms with E-state index in [-0.39, 0.29) is 58.4 Å². The molecule has 6 nitrogen and oxygen atoms in total. The molecule has 0 saturated heterocycles. The fourth-order valence-electron chi connectivity index (χ4n) is 13.6. The average molecular weight is 641 g/mol. The molecule has 0 aliphatic heterocycles. The third-order valence-corrected chi connectivity index (χ3v) is 15.8. The lowest BCUT2D eigenvalue weighted by Gasteiger charge is -2.73. The molecule has 2 N–H and O–H groups in total. The number of ether oxygens (including phenoxy) is 1. The van der Waals surface area contributed by atoms with Crippen molar-refractivity contribution in [2.45, 2.75) is 158 Å². The molecule has 46 heavy (non-hydrogen) atoms. The summed E-state index contributed by atoms with van der Waals surface area (Å²) in [7, 11) is 0. The number of esters is 1. The van der Waals surface area contributed by atoms with Crippen molar-refractivity contribution in [1.82, 2.24) is 0 Å². The Labute approximate surface area is 278 Å². The van der Waals surface area contributed by atoms with Crippen LogP contribution in [0.15, 0.2) is 12.2 Å². The Hall–Kier alpha value is -1.85. The fraction of sp³-hybridized carbons (Fsp3) is 0.875. The molecule has 0 spiro atoms. The molecule has 0 bridgehead atoms. The third kappa shape index (κ3) is 5.67. The summed E-state index contributed by atoms with van der Waals surface area (Å²) in [5.74, 6) is 1.07. The summed E-state index contributed by atoms with van der Waals surface area (Å²) in [6.45, 7) is 22.9. The van der Waals surface area contributed by atoms with E-state index in [1.807, 2.05) is 13.8 Å². The van der Waals surface area contributed by atoms with E-state index >= 15 is 0 Å². The first kappa shape index (κ1) is 35.5. The minimum atomic E-state index is -0.884. The van der Waals surface area contributed by atoms with Crippen molar-refractivity contribution < 1.29 is 29.3 Å². The number of fused-ring (bicyclic) bond motifs is 7. The quantitative estimate of drug-likeness (QED) is 0.182. The van der Waals surface area contributed by atoms with Gasteiger partial charge in [0.25, 0.3) is 0 Å². The van der Waals surface area contributed by atoms with Gasteiger partial charge < -0.3 is 14.9 Å². The first-order chi connectivity index (χ1) is 21.2. The Balaban J connectivity index is 1.38. The van der Waals surface area contributed by atoms with Crippen LogP contribution >= 0.6 is 0 Å². The summed E-state index contributed by atoms with van der Waals surface area (Å²) in [6, 6.07) is 0. The molecule has 0 aromatic heterocycles. The van der Waals surface area contributed by atoms with Crippen LogP contribution in [0.25, 0.3) is 0 Å². The van der Waals surface area contributed by atoms with Crippen LogP contribution in [0.4, 0.5) is 0 Å². The molecule has 0 aromatic carbocycles. The molecule has 5 fully saturated rings. The van der Waals surface area contributed by atoms with Crippen molar-refractivity contribution >= 4 is 17.9 Å². The van der Waals surface area contributed by atoms with E-state index in [0.29, 0.717) is 29.6 Å². The normalized spacial score (nSPS) is 43.0. The van der Waals surface area contributed by atoms with Gasteiger partial charge in [0.05, 0.1) is 12.8 Å². The molecule has 0 unspecified atom stereocenters. The Morgan fingerprint density at radius 2 is 1.50 bits per heavy atom. The monoisotopic (exact) mass is 640 g/mol. The van der Waals surface area contributed by atoms with Crippen LogP contribution in [0.2, 0.25) is 0 Å². The molecule has 5 saturated carbocycles. The summed E-state index contributed by atoms with van der Waals surface area (Å²) in [5, 5.41) is 18.7. The van der Waals surface area contributed by atoms with Gasteiger partial charge in [-0.2, -0.15) is 0 Å². The zero-order chi connectivity index (χ0) is 34.1. The molecule has 0 radical (unpaired) electrons. The maximum absolute atomic E-state index is 13.2. The van der Waals surface area contributed by atoms with Gasteiger partial charge in [0.15, 0.2) is 0 Å². The summed E-state index contributed by atoms with van der Waals surface area (Å²) in [5.41, 5.74) is 1.46. The van der Waals surface area contributed by atoms with Gasteiger partial charge in [-0.25, -0.2) is 0 Å². The summed E-state index contributed by atoms with van der Waals surface area (Å²) < 4.78 is 6.25. The Bertz CT molecular complexity index is 1230. The van der Waals surface area contributed by atoms with Gasteiger partial charge in [-0.1, -0.05) is 60.6 Å². The number of carboxylic acid groups (broad SMARTS) is 2. The van der Waals surface area contributed by atoms with E-state index in [0.717, 1.165) is 32.1 Å². The number of hydrogen-bond donors (Lipinski definition) is 2. The number of hydrogen-bond acceptors (Lipinski definition) is 4. The molecule has 10 atom stereocenters. The van der Waals surface area contributed by atoms with Crippen molar-refractivity contribution in [3.8, 4) is 0 Å². The van der Waals surface area contributed by atoms with Gasteiger partial charge in [-0.15, -0.1) is 0 Å². The molecule has 6 heteroatoms. The van der Waals surface area contributed by atoms with Crippen molar-refractivity contribution in [3.05, 3.63) is 12.2 Å². The first-order valence-corrected chi connectivity index (χ1v) is 18.5. The first-order valence-electron chi connectivity index (χ1n) is 18.5. The van der Waals surface area contributed by atoms with Crippen molar-refractivity contribution in [2.24, 2.45) is 62.1 Å². The van der Waals surface area contributed by atoms with Crippen LogP contribution in [0.1, 0.15) is 152 Å². The number of allylic oxidation sites excluding steroid dienone is 1. The number of carbonyl (C=O) groups excluding carboxylic acids is 1. The minimum Gasteiger partial charge on any atom is -0.481 e. The van der Waals surface area contributed by atoms with E-state index in [1.165, 1.54) is 50.5 Å². The number of carbonyl (C=O) groups is 3. The van der Waals surface area contributed by atoms with Crippen LogP contribution in [-0.4, -0.2) is 34.2 Å². The minimum absolute atomic E-state index is 0.0473. The van der Waals surface area contributed by atoms with Gasteiger partial charge >= 0.3 is 17.9 Å². The molecule has 5 aliphatic rings. The van der Waals surface area contributed by atoms with Crippen LogP contribution in [0, 0.1) is 62.1 Å². The Morgan fingerprint density at radius 1 is 0.804 bits per heavy atom. The molecule has 0 aromatic rings. The molecule has 0 amide bonds. The molecule has 260 valence electrons. The highest BCUT2D eigenvalue weighted by Crippen LogP contribution is 2.78. The standard InChI is InChI=1S/C40H64O6/c1-25(2)26-14-20-40(17-10-11-31(41)42)22-21-38(8)27(34(26)40)12-13-29-37(7)18-16-30(36(5,6)28(37)15-19-39(29,38)9)46-33(45)24-35(3,4)23-32(43)44/h26-30,34H,1,10-24H2,2-9H3,(H,41,42)(H,43,44)/t26-,27+,28-,29+,30-,34+,37-,38+,39+,40+/m0/s1. The Morgan fingerprint density at radius 3 is 2.13 bits per heavy atom. The fourth-order valence-corrected chi connectivity index (χ4v) is 13.6. The van der Waals surface area contributed by atoms with Crippen molar-refractivity contribution in [1.29, 1.82) is 0 Å². The number of aliphatic carboxylic acids is 2. The lowest BCUT2D eigenvalue weighted by Crippen LogP contribution is -2.66. The molecule has 5 aliphatic carbocycles. The second-order valence-electron chi connectivity index (χ2n) is 19.0. The molecule has 5 rings (SSSR count). The molecular weight excluding hydrogens is 576 g/mol. The molecular formula is C40H64O6. The highest BCUT2D eigenvalue weighted by Gasteiger charge is 2.71. The van der Waals surface area contributed by atoms with E-state index in [4.69, 9.17) is 4.74 Å². The van der Waals surface area contributed by atoms with E-state index in [9.17, 15) is 24.6 Å². The predicted molar refractivity (Wildman–Crippen MR) is 181 cm³/mol. The second-order valence-corrected chi connectivity index (χ2v) is 19.0. The SMILES string of the molecule is C=C(C)[C@@H]1CC[C@]2(CCCC(=O)O)CC[C@]3(C)[C@H](CC[C@@H]4[C@@]5(C)CC[C@H](OC(=O)CC(C)(C)CC(=O)O)C(C)(C)[C@@H]5CC[C@]43C)[C@@H]12. The van der Waals surface area contributed by atoms with Gasteiger partial charge in [0.1, 0.15) is 6.10 Å². The third-order valence-electron chi connectivity index (χ3n) is 15.8. The van der Waals surface area contributed by atoms with Crippen LogP contribution < -0.4 is 0 Å². The smallest absolute Gasteiger partial charge is 0.306 e. The van der Waals surface area contributed by atoms with Crippen LogP contribution in [0.5, 0.6) is 0 Å². The highest BCUT2D eigenvalue weighted by atomic mass is 16.5. The van der Waals surface area contributed by atoms with E-state index < -0.39 is 17.4 Å². The topological polar surface area (TPSA) is 101 Å². The number of rotatable bonds is 10. The maximum atomic E-state index is 13.2. The van der Waals surface area contributed by atoms with E-state index in [1.54, 1.807) is 0 Å². The zero-order valence-corrected chi connectivity index (χ0v) is 30.3. The lowest BCUT2D eigenvalue weighted by atomic mass is 9.32. The highest BCUT2D eigenvalue weighted by molar-refractivity contribution is 5.73. The summed E-state index contributed by atoms with van der Waals surface area (Å²) >= 11 is 0. The van der Waals surface area contributed by atoms with Crippen LogP contribution in [-0.2, 0) is 19.1 Å². The summed E-state index contributed by atoms with van der Waals surface area (Å²) in [4.78, 5) is 36.0. The summed E-state index contributed by atoms with van der Waals surface area (Å²) in [6.07, 6.45) is 13.7. The van der Waals surface area contributed by atoms with Gasteiger partial charge in [-0.05, 0) is 141 Å². The lowest BCUT2D eigenvalue weighted by molar-refractivity contribution is -0.250. The Kier molecular flexibility index (Phi) is 9.20. The van der Waals surface area contributed by atoms with Gasteiger partial charge in [0.2, 0.25) is 0 Å². The van der Waals surface area contributed by atoms with Gasteiger partial charge in [0, 0.05) is 11.8 Å². The van der Waals surface area contributed by atoms with Gasteiger partial charge in [-0.3, -0.25) is 14.4 Å². The number of carboxylic acids is 2. The predicted octanol–water partition coefficient (Wildman–Crippen LogP) is 9.70.